The van der Waals surface area contributed by atoms with E-state index in [2.05, 4.69) is 38.3 Å². The second kappa shape index (κ2) is 10.2. The molecule has 0 radical (unpaired) electrons. The Morgan fingerprint density at radius 3 is 2.22 bits per heavy atom. The zero-order valence-electron chi connectivity index (χ0n) is 19.9. The molecule has 3 aliphatic rings. The van der Waals surface area contributed by atoms with Crippen LogP contribution in [-0.2, 0) is 20.9 Å². The Morgan fingerprint density at radius 1 is 0.917 bits per heavy atom. The van der Waals surface area contributed by atoms with E-state index in [-0.39, 0.29) is 24.3 Å². The van der Waals surface area contributed by atoms with Crippen molar-refractivity contribution >= 4 is 40.7 Å². The van der Waals surface area contributed by atoms with Gasteiger partial charge in [-0.3, -0.25) is 14.4 Å². The summed E-state index contributed by atoms with van der Waals surface area (Å²) in [5.41, 5.74) is 7.01. The first-order valence-corrected chi connectivity index (χ1v) is 12.2. The van der Waals surface area contributed by atoms with Gasteiger partial charge in [0.15, 0.2) is 0 Å². The largest absolute Gasteiger partial charge is 0.351 e. The van der Waals surface area contributed by atoms with Gasteiger partial charge in [-0.05, 0) is 41.9 Å². The van der Waals surface area contributed by atoms with E-state index in [0.29, 0.717) is 45.2 Å². The summed E-state index contributed by atoms with van der Waals surface area (Å²) in [5.74, 6) is -0.780. The van der Waals surface area contributed by atoms with Gasteiger partial charge in [0.2, 0.25) is 5.91 Å². The van der Waals surface area contributed by atoms with Gasteiger partial charge in [-0.1, -0.05) is 41.9 Å². The van der Waals surface area contributed by atoms with Crippen molar-refractivity contribution in [2.24, 2.45) is 0 Å². The molecular weight excluding hydrogens is 480 g/mol. The number of nitrogens with one attached hydrogen (secondary N) is 4. The van der Waals surface area contributed by atoms with Crippen LogP contribution < -0.4 is 21.4 Å². The maximum absolute atomic E-state index is 12.9. The second-order valence-corrected chi connectivity index (χ2v) is 9.45. The minimum atomic E-state index is -0.336. The molecule has 1 fully saturated rings. The fraction of sp³-hybridized carbons (Fsp3) is 0.269. The van der Waals surface area contributed by atoms with Crippen LogP contribution in [0.1, 0.15) is 16.7 Å². The molecule has 3 aliphatic heterocycles. The highest BCUT2D eigenvalue weighted by Crippen LogP contribution is 2.37. The van der Waals surface area contributed by atoms with Crippen LogP contribution in [0.5, 0.6) is 0 Å². The molecule has 2 aromatic rings. The molecule has 9 nitrogen and oxygen atoms in total. The molecule has 1 saturated heterocycles. The summed E-state index contributed by atoms with van der Waals surface area (Å²) in [6.45, 7) is 4.21. The van der Waals surface area contributed by atoms with E-state index in [9.17, 15) is 14.4 Å². The van der Waals surface area contributed by atoms with Gasteiger partial charge in [-0.2, -0.15) is 0 Å². The molecule has 0 unspecified atom stereocenters. The maximum Gasteiger partial charge on any atom is 0.258 e. The lowest BCUT2D eigenvalue weighted by Crippen LogP contribution is -2.52. The van der Waals surface area contributed by atoms with Crippen LogP contribution in [0.2, 0.25) is 5.02 Å². The number of hydrogen-bond acceptors (Lipinski definition) is 6. The zero-order chi connectivity index (χ0) is 25.2. The Kier molecular flexibility index (Phi) is 6.88. The topological polar surface area (TPSA) is 106 Å². The van der Waals surface area contributed by atoms with Gasteiger partial charge in [-0.25, -0.2) is 10.4 Å². The molecular formula is C26H27ClN6O3. The van der Waals surface area contributed by atoms with Crippen molar-refractivity contribution < 1.29 is 14.4 Å². The Bertz CT molecular complexity index is 1280. The first-order valence-electron chi connectivity index (χ1n) is 11.8. The van der Waals surface area contributed by atoms with Gasteiger partial charge < -0.3 is 20.9 Å². The third kappa shape index (κ3) is 5.05. The highest BCUT2D eigenvalue weighted by atomic mass is 35.5. The highest BCUT2D eigenvalue weighted by Gasteiger charge is 2.40. The molecule has 3 heterocycles. The summed E-state index contributed by atoms with van der Waals surface area (Å²) in [4.78, 5) is 40.3. The number of piperazine rings is 1. The number of rotatable bonds is 7. The highest BCUT2D eigenvalue weighted by molar-refractivity contribution is 6.31. The van der Waals surface area contributed by atoms with Crippen LogP contribution in [-0.4, -0.2) is 67.4 Å². The van der Waals surface area contributed by atoms with Gasteiger partial charge in [0.1, 0.15) is 0 Å². The van der Waals surface area contributed by atoms with E-state index in [1.54, 1.807) is 24.3 Å². The number of likely N-dealkylation sites (N-methyl/N-ethyl adjacent to an activating group) is 1. The third-order valence-electron chi connectivity index (χ3n) is 6.49. The van der Waals surface area contributed by atoms with Gasteiger partial charge in [-0.15, -0.1) is 0 Å². The van der Waals surface area contributed by atoms with E-state index in [4.69, 9.17) is 11.6 Å². The molecule has 0 saturated carbocycles. The quantitative estimate of drug-likeness (QED) is 0.448. The summed E-state index contributed by atoms with van der Waals surface area (Å²) >= 11 is 5.98. The maximum atomic E-state index is 12.9. The summed E-state index contributed by atoms with van der Waals surface area (Å²) in [6, 6.07) is 14.4. The number of hydrazine groups is 1. The minimum absolute atomic E-state index is 0.108. The Labute approximate surface area is 214 Å². The molecule has 3 amide bonds. The normalized spacial score (nSPS) is 18.4. The predicted molar refractivity (Wildman–Crippen MR) is 137 cm³/mol. The lowest BCUT2D eigenvalue weighted by atomic mass is 10.0. The van der Waals surface area contributed by atoms with Crippen molar-refractivity contribution in [2.45, 2.75) is 6.54 Å². The number of benzene rings is 2. The zero-order valence-corrected chi connectivity index (χ0v) is 20.6. The lowest BCUT2D eigenvalue weighted by molar-refractivity contribution is -0.121. The molecule has 0 aromatic heterocycles. The van der Waals surface area contributed by atoms with Gasteiger partial charge in [0, 0.05) is 37.7 Å². The Hall–Kier alpha value is -3.50. The molecule has 5 rings (SSSR count). The summed E-state index contributed by atoms with van der Waals surface area (Å²) in [7, 11) is 2.08. The van der Waals surface area contributed by atoms with Gasteiger partial charge >= 0.3 is 0 Å². The fourth-order valence-corrected chi connectivity index (χ4v) is 4.60. The van der Waals surface area contributed by atoms with E-state index in [1.807, 2.05) is 24.3 Å². The number of amides is 3. The number of hydrogen-bond donors (Lipinski definition) is 4. The number of nitrogens with zero attached hydrogens (tertiary/aromatic N) is 2. The van der Waals surface area contributed by atoms with Crippen molar-refractivity contribution in [1.82, 2.24) is 31.3 Å². The minimum Gasteiger partial charge on any atom is -0.351 e. The van der Waals surface area contributed by atoms with Crippen LogP contribution in [0.3, 0.4) is 0 Å². The summed E-state index contributed by atoms with van der Waals surface area (Å²) in [6.07, 6.45) is 0. The summed E-state index contributed by atoms with van der Waals surface area (Å²) in [5, 5.41) is 11.2. The molecule has 0 bridgehead atoms. The van der Waals surface area contributed by atoms with Crippen LogP contribution in [0.25, 0.3) is 11.4 Å². The first-order chi connectivity index (χ1) is 17.4. The molecule has 0 aliphatic carbocycles. The van der Waals surface area contributed by atoms with Crippen molar-refractivity contribution in [3.8, 4) is 0 Å². The van der Waals surface area contributed by atoms with Crippen molar-refractivity contribution in [1.29, 1.82) is 0 Å². The van der Waals surface area contributed by atoms with E-state index >= 15 is 0 Å². The average Bonchev–Trinajstić information content (AvgIpc) is 3.41. The Morgan fingerprint density at radius 2 is 1.56 bits per heavy atom. The van der Waals surface area contributed by atoms with Gasteiger partial charge in [0.25, 0.3) is 11.8 Å². The van der Waals surface area contributed by atoms with Crippen LogP contribution in [0.4, 0.5) is 0 Å². The SMILES string of the molecule is CN1CCN(NCC(=O)NCc2cccc(C3=C4C(=O)NC(c5ccc(Cl)cc5)=C4C(=O)N3)c2)CC1. The monoisotopic (exact) mass is 506 g/mol. The molecule has 186 valence electrons. The van der Waals surface area contributed by atoms with E-state index in [0.717, 1.165) is 31.7 Å². The fourth-order valence-electron chi connectivity index (χ4n) is 4.48. The van der Waals surface area contributed by atoms with Crippen LogP contribution in [0.15, 0.2) is 59.7 Å². The Balaban J connectivity index is 1.28. The van der Waals surface area contributed by atoms with E-state index < -0.39 is 0 Å². The second-order valence-electron chi connectivity index (χ2n) is 9.02. The number of halogens is 1. The standard InChI is InChI=1S/C26H27ClN6O3/c1-32-9-11-33(12-10-32)29-15-20(34)28-14-16-3-2-4-18(13-16)24-22-21(25(35)31-24)23(30-26(22)36)17-5-7-19(27)8-6-17/h2-8,13,29H,9-12,14-15H2,1H3,(H,28,34)(H,30,36)(H,31,35). The van der Waals surface area contributed by atoms with Crippen LogP contribution >= 0.6 is 11.6 Å². The number of carbonyl (C=O) groups is 3. The number of carbonyl (C=O) groups excluding carboxylic acids is 3. The van der Waals surface area contributed by atoms with E-state index in [1.165, 1.54) is 0 Å². The smallest absolute Gasteiger partial charge is 0.258 e. The molecule has 2 aromatic carbocycles. The van der Waals surface area contributed by atoms with Crippen LogP contribution in [0, 0.1) is 0 Å². The third-order valence-corrected chi connectivity index (χ3v) is 6.74. The first kappa shape index (κ1) is 24.2. The molecule has 10 heteroatoms. The molecule has 0 spiro atoms. The predicted octanol–water partition coefficient (Wildman–Crippen LogP) is 1.09. The molecule has 36 heavy (non-hydrogen) atoms. The van der Waals surface area contributed by atoms with Gasteiger partial charge in [0.05, 0.1) is 29.1 Å². The molecule has 0 atom stereocenters. The van der Waals surface area contributed by atoms with Crippen molar-refractivity contribution in [3.63, 3.8) is 0 Å². The van der Waals surface area contributed by atoms with Crippen molar-refractivity contribution in [3.05, 3.63) is 81.4 Å². The lowest BCUT2D eigenvalue weighted by Gasteiger charge is -2.32. The molecule has 4 N–H and O–H groups in total. The number of fused-ring (bicyclic) bond motifs is 1. The summed E-state index contributed by atoms with van der Waals surface area (Å²) < 4.78 is 0. The average molecular weight is 507 g/mol. The van der Waals surface area contributed by atoms with Crippen molar-refractivity contribution in [2.75, 3.05) is 39.8 Å².